The zero-order valence-electron chi connectivity index (χ0n) is 7.69. The minimum Gasteiger partial charge on any atom is -0.409 e. The lowest BCUT2D eigenvalue weighted by Crippen LogP contribution is -2.32. The molecule has 0 spiro atoms. The van der Waals surface area contributed by atoms with E-state index < -0.39 is 0 Å². The largest absolute Gasteiger partial charge is 0.409 e. The summed E-state index contributed by atoms with van der Waals surface area (Å²) in [5.74, 6) is 0.253. The molecule has 0 aliphatic heterocycles. The molecule has 0 bridgehead atoms. The van der Waals surface area contributed by atoms with Crippen LogP contribution in [0.15, 0.2) is 5.16 Å². The second-order valence-electron chi connectivity index (χ2n) is 3.33. The van der Waals surface area contributed by atoms with Crippen LogP contribution in [0.5, 0.6) is 0 Å². The van der Waals surface area contributed by atoms with E-state index >= 15 is 0 Å². The third-order valence-electron chi connectivity index (χ3n) is 2.23. The van der Waals surface area contributed by atoms with E-state index in [9.17, 15) is 0 Å². The summed E-state index contributed by atoms with van der Waals surface area (Å²) in [5.41, 5.74) is 5.35. The highest BCUT2D eigenvalue weighted by molar-refractivity contribution is 5.79. The van der Waals surface area contributed by atoms with Crippen molar-refractivity contribution in [3.63, 3.8) is 0 Å². The SMILES string of the molecule is NC(CCN(CCO)C1CC1)=NO. The summed E-state index contributed by atoms with van der Waals surface area (Å²) in [5, 5.41) is 20.0. The summed E-state index contributed by atoms with van der Waals surface area (Å²) in [7, 11) is 0. The first-order valence-corrected chi connectivity index (χ1v) is 4.59. The summed E-state index contributed by atoms with van der Waals surface area (Å²) >= 11 is 0. The molecular weight excluding hydrogens is 170 g/mol. The molecule has 1 rings (SSSR count). The number of rotatable bonds is 6. The average molecular weight is 187 g/mol. The number of oxime groups is 1. The van der Waals surface area contributed by atoms with Crippen molar-refractivity contribution in [2.45, 2.75) is 25.3 Å². The first-order valence-electron chi connectivity index (χ1n) is 4.59. The Kier molecular flexibility index (Phi) is 3.98. The normalized spacial score (nSPS) is 18.2. The Morgan fingerprint density at radius 2 is 2.15 bits per heavy atom. The molecule has 1 fully saturated rings. The lowest BCUT2D eigenvalue weighted by Gasteiger charge is -2.19. The van der Waals surface area contributed by atoms with Gasteiger partial charge < -0.3 is 16.0 Å². The Bertz CT molecular complexity index is 180. The van der Waals surface area contributed by atoms with Crippen molar-refractivity contribution >= 4 is 5.84 Å². The molecule has 0 radical (unpaired) electrons. The lowest BCUT2D eigenvalue weighted by atomic mass is 10.3. The first kappa shape index (κ1) is 10.3. The van der Waals surface area contributed by atoms with Gasteiger partial charge in [0, 0.05) is 25.6 Å². The van der Waals surface area contributed by atoms with E-state index in [1.807, 2.05) is 0 Å². The Morgan fingerprint density at radius 3 is 2.62 bits per heavy atom. The quantitative estimate of drug-likeness (QED) is 0.228. The van der Waals surface area contributed by atoms with Gasteiger partial charge in [0.1, 0.15) is 5.84 Å². The van der Waals surface area contributed by atoms with E-state index in [0.717, 1.165) is 6.54 Å². The minimum absolute atomic E-state index is 0.173. The van der Waals surface area contributed by atoms with Crippen molar-refractivity contribution in [2.24, 2.45) is 10.9 Å². The maximum atomic E-state index is 8.78. The van der Waals surface area contributed by atoms with E-state index in [1.165, 1.54) is 12.8 Å². The molecule has 4 N–H and O–H groups in total. The fourth-order valence-electron chi connectivity index (χ4n) is 1.35. The van der Waals surface area contributed by atoms with Crippen LogP contribution in [0.4, 0.5) is 0 Å². The van der Waals surface area contributed by atoms with Crippen LogP contribution in [0.3, 0.4) is 0 Å². The number of amidine groups is 1. The monoisotopic (exact) mass is 187 g/mol. The van der Waals surface area contributed by atoms with Gasteiger partial charge in [-0.1, -0.05) is 5.16 Å². The van der Waals surface area contributed by atoms with E-state index in [1.54, 1.807) is 0 Å². The minimum atomic E-state index is 0.173. The van der Waals surface area contributed by atoms with Gasteiger partial charge in [0.05, 0.1) is 6.61 Å². The standard InChI is InChI=1S/C8H17N3O2/c9-8(10-13)3-4-11(5-6-12)7-1-2-7/h7,12-13H,1-6H2,(H2,9,10). The van der Waals surface area contributed by atoms with Crippen molar-refractivity contribution in [1.29, 1.82) is 0 Å². The second kappa shape index (κ2) is 5.04. The van der Waals surface area contributed by atoms with Crippen LogP contribution < -0.4 is 5.73 Å². The van der Waals surface area contributed by atoms with Gasteiger partial charge in [0.2, 0.25) is 0 Å². The van der Waals surface area contributed by atoms with E-state index in [2.05, 4.69) is 10.1 Å². The maximum absolute atomic E-state index is 8.78. The smallest absolute Gasteiger partial charge is 0.140 e. The van der Waals surface area contributed by atoms with Gasteiger partial charge in [0.15, 0.2) is 0 Å². The molecule has 5 nitrogen and oxygen atoms in total. The van der Waals surface area contributed by atoms with Crippen LogP contribution in [0.2, 0.25) is 0 Å². The Balaban J connectivity index is 2.21. The van der Waals surface area contributed by atoms with Gasteiger partial charge in [0.25, 0.3) is 0 Å². The molecular formula is C8H17N3O2. The molecule has 13 heavy (non-hydrogen) atoms. The molecule has 0 atom stereocenters. The molecule has 0 aromatic rings. The molecule has 1 aliphatic carbocycles. The summed E-state index contributed by atoms with van der Waals surface area (Å²) < 4.78 is 0. The number of aliphatic hydroxyl groups excluding tert-OH is 1. The Morgan fingerprint density at radius 1 is 1.46 bits per heavy atom. The molecule has 5 heteroatoms. The molecule has 1 saturated carbocycles. The topological polar surface area (TPSA) is 82.1 Å². The molecule has 1 aliphatic rings. The zero-order valence-corrected chi connectivity index (χ0v) is 7.69. The number of nitrogens with two attached hydrogens (primary N) is 1. The number of hydrogen-bond acceptors (Lipinski definition) is 4. The van der Waals surface area contributed by atoms with E-state index in [4.69, 9.17) is 16.0 Å². The summed E-state index contributed by atoms with van der Waals surface area (Å²) in [4.78, 5) is 2.18. The number of nitrogens with zero attached hydrogens (tertiary/aromatic N) is 2. The van der Waals surface area contributed by atoms with Gasteiger partial charge in [-0.3, -0.25) is 4.90 Å². The predicted octanol–water partition coefficient (Wildman–Crippen LogP) is -0.420. The fraction of sp³-hybridized carbons (Fsp3) is 0.875. The predicted molar refractivity (Wildman–Crippen MR) is 49.7 cm³/mol. The summed E-state index contributed by atoms with van der Waals surface area (Å²) in [6.45, 7) is 1.62. The van der Waals surface area contributed by atoms with Crippen LogP contribution >= 0.6 is 0 Å². The molecule has 0 heterocycles. The third-order valence-corrected chi connectivity index (χ3v) is 2.23. The van der Waals surface area contributed by atoms with Gasteiger partial charge in [-0.05, 0) is 12.8 Å². The van der Waals surface area contributed by atoms with Crippen LogP contribution in [0, 0.1) is 0 Å². The van der Waals surface area contributed by atoms with Crippen molar-refractivity contribution in [2.75, 3.05) is 19.7 Å². The van der Waals surface area contributed by atoms with Crippen molar-refractivity contribution in [3.05, 3.63) is 0 Å². The van der Waals surface area contributed by atoms with E-state index in [0.29, 0.717) is 19.0 Å². The number of hydrogen-bond donors (Lipinski definition) is 3. The highest BCUT2D eigenvalue weighted by Crippen LogP contribution is 2.26. The second-order valence-corrected chi connectivity index (χ2v) is 3.33. The number of aliphatic hydroxyl groups is 1. The van der Waals surface area contributed by atoms with Gasteiger partial charge in [-0.15, -0.1) is 0 Å². The van der Waals surface area contributed by atoms with Gasteiger partial charge in [-0.2, -0.15) is 0 Å². The van der Waals surface area contributed by atoms with Gasteiger partial charge >= 0.3 is 0 Å². The van der Waals surface area contributed by atoms with Gasteiger partial charge in [-0.25, -0.2) is 0 Å². The molecule has 0 aromatic heterocycles. The summed E-state index contributed by atoms with van der Waals surface area (Å²) in [6, 6.07) is 0.610. The Labute approximate surface area is 77.8 Å². The van der Waals surface area contributed by atoms with Crippen LogP contribution in [0.25, 0.3) is 0 Å². The van der Waals surface area contributed by atoms with Crippen molar-refractivity contribution in [1.82, 2.24) is 4.90 Å². The first-order chi connectivity index (χ1) is 6.27. The van der Waals surface area contributed by atoms with Crippen LogP contribution in [-0.2, 0) is 0 Å². The molecule has 0 aromatic carbocycles. The molecule has 0 unspecified atom stereocenters. The molecule has 0 amide bonds. The highest BCUT2D eigenvalue weighted by atomic mass is 16.4. The average Bonchev–Trinajstić information content (AvgIpc) is 2.94. The third kappa shape index (κ3) is 3.61. The maximum Gasteiger partial charge on any atom is 0.140 e. The van der Waals surface area contributed by atoms with Crippen LogP contribution in [0.1, 0.15) is 19.3 Å². The Hall–Kier alpha value is -0.810. The lowest BCUT2D eigenvalue weighted by molar-refractivity contribution is 0.192. The summed E-state index contributed by atoms with van der Waals surface area (Å²) in [6.07, 6.45) is 2.97. The fourth-order valence-corrected chi connectivity index (χ4v) is 1.35. The zero-order chi connectivity index (χ0) is 9.68. The molecule has 0 saturated heterocycles. The van der Waals surface area contributed by atoms with Crippen molar-refractivity contribution in [3.8, 4) is 0 Å². The van der Waals surface area contributed by atoms with Crippen LogP contribution in [-0.4, -0.2) is 46.8 Å². The highest BCUT2D eigenvalue weighted by Gasteiger charge is 2.28. The molecule has 76 valence electrons. The van der Waals surface area contributed by atoms with E-state index in [-0.39, 0.29) is 12.4 Å². The van der Waals surface area contributed by atoms with Crippen molar-refractivity contribution < 1.29 is 10.3 Å².